The second-order valence-corrected chi connectivity index (χ2v) is 11.2. The maximum atomic E-state index is 13.0. The highest BCUT2D eigenvalue weighted by atomic mass is 16.2. The fourth-order valence-corrected chi connectivity index (χ4v) is 6.63. The summed E-state index contributed by atoms with van der Waals surface area (Å²) in [5.41, 5.74) is 0. The van der Waals surface area contributed by atoms with Gasteiger partial charge in [0.05, 0.1) is 0 Å². The van der Waals surface area contributed by atoms with Crippen LogP contribution in [0.15, 0.2) is 9.98 Å². The molecular formula is C25H38N10O4. The van der Waals surface area contributed by atoms with E-state index in [-0.39, 0.29) is 11.8 Å². The van der Waals surface area contributed by atoms with Gasteiger partial charge in [0.25, 0.3) is 11.8 Å². The molecule has 4 saturated heterocycles. The van der Waals surface area contributed by atoms with Crippen LogP contribution in [0.25, 0.3) is 0 Å². The number of carbonyl (C=O) groups is 4. The van der Waals surface area contributed by atoms with Crippen LogP contribution in [0.5, 0.6) is 0 Å². The molecule has 6 aliphatic heterocycles. The van der Waals surface area contributed by atoms with Crippen LogP contribution in [-0.2, 0) is 9.59 Å². The van der Waals surface area contributed by atoms with Crippen molar-refractivity contribution < 1.29 is 19.2 Å². The van der Waals surface area contributed by atoms with Gasteiger partial charge in [0.1, 0.15) is 0 Å². The van der Waals surface area contributed by atoms with E-state index in [9.17, 15) is 19.2 Å². The third kappa shape index (κ3) is 4.42. The number of aliphatic imine (C=N–C) groups is 2. The van der Waals surface area contributed by atoms with Crippen LogP contribution in [0.1, 0.15) is 44.9 Å². The largest absolute Gasteiger partial charge is 0.343 e. The molecule has 0 aromatic carbocycles. The Labute approximate surface area is 228 Å². The molecule has 6 amide bonds. The topological polar surface area (TPSA) is 136 Å². The number of rotatable bonds is 4. The zero-order valence-electron chi connectivity index (χ0n) is 22.7. The van der Waals surface area contributed by atoms with Gasteiger partial charge in [-0.2, -0.15) is 0 Å². The third-order valence-corrected chi connectivity index (χ3v) is 8.75. The second-order valence-electron chi connectivity index (χ2n) is 11.2. The lowest BCUT2D eigenvalue weighted by atomic mass is 10.1. The van der Waals surface area contributed by atoms with Crippen molar-refractivity contribution in [2.24, 2.45) is 9.98 Å². The number of urea groups is 2. The molecule has 39 heavy (non-hydrogen) atoms. The lowest BCUT2D eigenvalue weighted by Crippen LogP contribution is -2.65. The van der Waals surface area contributed by atoms with E-state index in [2.05, 4.69) is 20.4 Å². The Morgan fingerprint density at radius 3 is 1.41 bits per heavy atom. The van der Waals surface area contributed by atoms with E-state index in [1.165, 1.54) is 22.6 Å². The van der Waals surface area contributed by atoms with Crippen molar-refractivity contribution in [1.29, 1.82) is 0 Å². The van der Waals surface area contributed by atoms with Crippen LogP contribution in [0, 0.1) is 0 Å². The summed E-state index contributed by atoms with van der Waals surface area (Å²) in [6.45, 7) is 4.55. The van der Waals surface area contributed by atoms with E-state index >= 15 is 0 Å². The van der Waals surface area contributed by atoms with Gasteiger partial charge in [-0.25, -0.2) is 19.6 Å². The molecule has 0 aliphatic carbocycles. The Kier molecular flexibility index (Phi) is 6.71. The Morgan fingerprint density at radius 2 is 1.03 bits per heavy atom. The minimum Gasteiger partial charge on any atom is -0.343 e. The van der Waals surface area contributed by atoms with Crippen LogP contribution in [0.4, 0.5) is 9.59 Å². The maximum Gasteiger partial charge on any atom is 0.325 e. The molecule has 2 N–H and O–H groups in total. The Bertz CT molecular complexity index is 1010. The zero-order valence-corrected chi connectivity index (χ0v) is 22.7. The highest BCUT2D eigenvalue weighted by Gasteiger charge is 2.51. The first-order valence-electron chi connectivity index (χ1n) is 14.2. The predicted octanol–water partition coefficient (Wildman–Crippen LogP) is -0.556. The van der Waals surface area contributed by atoms with E-state index in [0.29, 0.717) is 19.5 Å². The lowest BCUT2D eigenvalue weighted by Gasteiger charge is -2.40. The summed E-state index contributed by atoms with van der Waals surface area (Å²) in [7, 11) is 3.34. The minimum atomic E-state index is -0.590. The molecule has 0 spiro atoms. The lowest BCUT2D eigenvalue weighted by molar-refractivity contribution is -0.127. The van der Waals surface area contributed by atoms with Crippen LogP contribution in [0.3, 0.4) is 0 Å². The zero-order chi connectivity index (χ0) is 27.3. The van der Waals surface area contributed by atoms with Gasteiger partial charge in [0.15, 0.2) is 36.3 Å². The van der Waals surface area contributed by atoms with Crippen LogP contribution in [0.2, 0.25) is 0 Å². The van der Waals surface area contributed by atoms with E-state index < -0.39 is 36.5 Å². The molecule has 0 aromatic heterocycles. The minimum absolute atomic E-state index is 0.331. The van der Waals surface area contributed by atoms with Gasteiger partial charge in [0.2, 0.25) is 0 Å². The SMILES string of the molecule is CN1C(=O)NC(=O)C2C1N=C(N1CCCCC1)N2CCCN1C(N2CCCCC2)=NC2C1C(=O)NC(=O)N2C. The summed E-state index contributed by atoms with van der Waals surface area (Å²) >= 11 is 0. The first-order chi connectivity index (χ1) is 18.8. The van der Waals surface area contributed by atoms with Crippen molar-refractivity contribution >= 4 is 35.8 Å². The fraction of sp³-hybridized carbons (Fsp3) is 0.760. The number of likely N-dealkylation sites (N-methyl/N-ethyl adjacent to an activating group) is 2. The molecule has 6 aliphatic rings. The number of nitrogens with zero attached hydrogens (tertiary/aromatic N) is 8. The van der Waals surface area contributed by atoms with Crippen LogP contribution in [-0.4, -0.2) is 143 Å². The molecule has 6 heterocycles. The highest BCUT2D eigenvalue weighted by Crippen LogP contribution is 2.29. The van der Waals surface area contributed by atoms with Crippen molar-refractivity contribution in [1.82, 2.24) is 40.0 Å². The molecule has 14 nitrogen and oxygen atoms in total. The molecule has 0 saturated carbocycles. The Balaban J connectivity index is 1.22. The number of nitrogens with one attached hydrogen (secondary N) is 2. The summed E-state index contributed by atoms with van der Waals surface area (Å²) in [4.78, 5) is 72.0. The molecule has 4 unspecified atom stereocenters. The second kappa shape index (κ2) is 10.2. The number of hydrogen-bond acceptors (Lipinski definition) is 10. The normalized spacial score (nSPS) is 31.2. The molecule has 212 valence electrons. The van der Waals surface area contributed by atoms with Gasteiger partial charge in [-0.1, -0.05) is 0 Å². The first kappa shape index (κ1) is 25.7. The van der Waals surface area contributed by atoms with E-state index in [4.69, 9.17) is 9.98 Å². The van der Waals surface area contributed by atoms with Gasteiger partial charge < -0.3 is 29.4 Å². The molecule has 0 radical (unpaired) electrons. The van der Waals surface area contributed by atoms with Gasteiger partial charge in [-0.15, -0.1) is 0 Å². The number of guanidine groups is 2. The summed E-state index contributed by atoms with van der Waals surface area (Å²) in [6, 6.07) is -2.05. The molecule has 6 rings (SSSR count). The van der Waals surface area contributed by atoms with Crippen molar-refractivity contribution in [3.8, 4) is 0 Å². The number of likely N-dealkylation sites (tertiary alicyclic amines) is 2. The number of fused-ring (bicyclic) bond motifs is 2. The molecular weight excluding hydrogens is 504 g/mol. The maximum absolute atomic E-state index is 13.0. The quantitative estimate of drug-likeness (QED) is 0.483. The predicted molar refractivity (Wildman–Crippen MR) is 142 cm³/mol. The summed E-state index contributed by atoms with van der Waals surface area (Å²) in [5, 5.41) is 4.95. The number of imide groups is 2. The van der Waals surface area contributed by atoms with Gasteiger partial charge in [-0.05, 0) is 44.9 Å². The molecule has 14 heteroatoms. The van der Waals surface area contributed by atoms with Crippen LogP contribution >= 0.6 is 0 Å². The van der Waals surface area contributed by atoms with E-state index in [1.807, 2.05) is 9.80 Å². The van der Waals surface area contributed by atoms with Gasteiger partial charge >= 0.3 is 12.1 Å². The van der Waals surface area contributed by atoms with Gasteiger partial charge in [-0.3, -0.25) is 20.2 Å². The number of hydrogen-bond donors (Lipinski definition) is 2. The summed E-state index contributed by atoms with van der Waals surface area (Å²) in [5.74, 6) is 0.877. The van der Waals surface area contributed by atoms with E-state index in [1.54, 1.807) is 14.1 Å². The number of piperidine rings is 2. The van der Waals surface area contributed by atoms with Gasteiger partial charge in [0, 0.05) is 53.4 Å². The van der Waals surface area contributed by atoms with Crippen molar-refractivity contribution in [2.75, 3.05) is 53.4 Å². The summed E-state index contributed by atoms with van der Waals surface area (Å²) < 4.78 is 0. The Morgan fingerprint density at radius 1 is 0.641 bits per heavy atom. The average molecular weight is 543 g/mol. The number of carbonyl (C=O) groups excluding carboxylic acids is 4. The average Bonchev–Trinajstić information content (AvgIpc) is 3.52. The number of amides is 6. The molecule has 4 atom stereocenters. The third-order valence-electron chi connectivity index (χ3n) is 8.75. The van der Waals surface area contributed by atoms with E-state index in [0.717, 1.165) is 63.8 Å². The highest BCUT2D eigenvalue weighted by molar-refractivity contribution is 6.04. The molecule has 0 aromatic rings. The molecule has 4 fully saturated rings. The van der Waals surface area contributed by atoms with Crippen molar-refractivity contribution in [3.63, 3.8) is 0 Å². The monoisotopic (exact) mass is 542 g/mol. The molecule has 0 bridgehead atoms. The fourth-order valence-electron chi connectivity index (χ4n) is 6.63. The standard InChI is InChI=1S/C25H38N10O4/c1-30-18-16(20(36)28-24(30)38)34(22(26-18)32-10-5-3-6-11-32)14-9-15-35-17-19(31(2)25(39)29-21(17)37)27-23(35)33-12-7-4-8-13-33/h16-19H,3-15H2,1-2H3,(H,28,36,38)(H,29,37,39). The smallest absolute Gasteiger partial charge is 0.325 e. The Hall–Kier alpha value is -3.58. The van der Waals surface area contributed by atoms with Crippen molar-refractivity contribution in [3.05, 3.63) is 0 Å². The first-order valence-corrected chi connectivity index (χ1v) is 14.2. The van der Waals surface area contributed by atoms with Crippen LogP contribution < -0.4 is 10.6 Å². The summed E-state index contributed by atoms with van der Waals surface area (Å²) in [6.07, 6.45) is 6.13. The van der Waals surface area contributed by atoms with Crippen molar-refractivity contribution in [2.45, 2.75) is 69.4 Å².